The molecule has 0 spiro atoms. The van der Waals surface area contributed by atoms with Crippen LogP contribution in [0.15, 0.2) is 17.0 Å². The minimum absolute atomic E-state index is 0.112. The monoisotopic (exact) mass is 285 g/mol. The Labute approximate surface area is 115 Å². The summed E-state index contributed by atoms with van der Waals surface area (Å²) in [6.07, 6.45) is 0. The van der Waals surface area contributed by atoms with E-state index in [1.807, 2.05) is 38.9 Å². The third-order valence-electron chi connectivity index (χ3n) is 3.43. The van der Waals surface area contributed by atoms with Crippen LogP contribution >= 0.6 is 0 Å². The van der Waals surface area contributed by atoms with Gasteiger partial charge in [0.2, 0.25) is 10.0 Å². The quantitative estimate of drug-likeness (QED) is 0.795. The van der Waals surface area contributed by atoms with Crippen LogP contribution in [0.2, 0.25) is 0 Å². The van der Waals surface area contributed by atoms with Crippen LogP contribution in [0.3, 0.4) is 0 Å². The molecule has 0 aliphatic rings. The van der Waals surface area contributed by atoms with Gasteiger partial charge in [0, 0.05) is 12.6 Å². The molecule has 1 rings (SSSR count). The van der Waals surface area contributed by atoms with E-state index in [1.54, 1.807) is 13.0 Å². The number of hydrogen-bond acceptors (Lipinski definition) is 4. The number of aryl methyl sites for hydroxylation is 1. The van der Waals surface area contributed by atoms with Crippen molar-refractivity contribution >= 4 is 15.7 Å². The fourth-order valence-electron chi connectivity index (χ4n) is 1.65. The van der Waals surface area contributed by atoms with Gasteiger partial charge in [0.15, 0.2) is 0 Å². The topological polar surface area (TPSA) is 75.4 Å². The summed E-state index contributed by atoms with van der Waals surface area (Å²) in [6, 6.07) is 3.57. The van der Waals surface area contributed by atoms with E-state index >= 15 is 0 Å². The summed E-state index contributed by atoms with van der Waals surface area (Å²) in [5.74, 6) is 0. The molecule has 1 atom stereocenters. The van der Waals surface area contributed by atoms with Gasteiger partial charge in [0.1, 0.15) is 4.90 Å². The van der Waals surface area contributed by atoms with E-state index in [2.05, 4.69) is 4.72 Å². The fraction of sp³-hybridized carbons (Fsp3) is 0.538. The predicted octanol–water partition coefficient (Wildman–Crippen LogP) is 1.11. The molecule has 19 heavy (non-hydrogen) atoms. The van der Waals surface area contributed by atoms with E-state index in [0.29, 0.717) is 12.1 Å². The lowest BCUT2D eigenvalue weighted by Gasteiger charge is -2.21. The molecule has 0 fully saturated rings. The fourth-order valence-corrected chi connectivity index (χ4v) is 3.20. The van der Waals surface area contributed by atoms with Crippen molar-refractivity contribution in [1.29, 1.82) is 0 Å². The number of nitrogens with two attached hydrogens (primary N) is 1. The first kappa shape index (κ1) is 15.9. The lowest BCUT2D eigenvalue weighted by atomic mass is 10.1. The van der Waals surface area contributed by atoms with Crippen LogP contribution < -0.4 is 10.5 Å². The van der Waals surface area contributed by atoms with Crippen LogP contribution in [0, 0.1) is 13.8 Å². The number of nitrogens with zero attached hydrogens (tertiary/aromatic N) is 1. The van der Waals surface area contributed by atoms with E-state index in [1.165, 1.54) is 0 Å². The van der Waals surface area contributed by atoms with Crippen molar-refractivity contribution in [2.75, 3.05) is 26.4 Å². The van der Waals surface area contributed by atoms with Gasteiger partial charge in [-0.25, -0.2) is 13.1 Å². The molecule has 1 aromatic carbocycles. The van der Waals surface area contributed by atoms with Crippen molar-refractivity contribution < 1.29 is 8.42 Å². The molecule has 3 N–H and O–H groups in total. The van der Waals surface area contributed by atoms with Gasteiger partial charge in [-0.3, -0.25) is 0 Å². The lowest BCUT2D eigenvalue weighted by Crippen LogP contribution is -2.38. The Morgan fingerprint density at radius 2 is 1.89 bits per heavy atom. The van der Waals surface area contributed by atoms with Gasteiger partial charge >= 0.3 is 0 Å². The van der Waals surface area contributed by atoms with Crippen LogP contribution in [-0.2, 0) is 10.0 Å². The highest BCUT2D eigenvalue weighted by Gasteiger charge is 2.21. The number of likely N-dealkylation sites (N-methyl/N-ethyl adjacent to an activating group) is 1. The second-order valence-electron chi connectivity index (χ2n) is 5.09. The van der Waals surface area contributed by atoms with Gasteiger partial charge in [-0.05, 0) is 52.1 Å². The SMILES string of the molecule is Cc1ccc(N)c(S(=O)(=O)NCC(C)N(C)C)c1C. The predicted molar refractivity (Wildman–Crippen MR) is 78.7 cm³/mol. The van der Waals surface area contributed by atoms with Gasteiger partial charge in [-0.1, -0.05) is 6.07 Å². The number of rotatable bonds is 5. The minimum Gasteiger partial charge on any atom is -0.398 e. The smallest absolute Gasteiger partial charge is 0.242 e. The number of anilines is 1. The normalized spacial score (nSPS) is 13.8. The molecule has 0 saturated carbocycles. The zero-order valence-corrected chi connectivity index (χ0v) is 13.0. The first-order valence-corrected chi connectivity index (χ1v) is 7.67. The van der Waals surface area contributed by atoms with E-state index in [-0.39, 0.29) is 16.6 Å². The Morgan fingerprint density at radius 3 is 2.42 bits per heavy atom. The van der Waals surface area contributed by atoms with Gasteiger partial charge in [-0.2, -0.15) is 0 Å². The molecule has 0 radical (unpaired) electrons. The van der Waals surface area contributed by atoms with Crippen LogP contribution in [0.4, 0.5) is 5.69 Å². The summed E-state index contributed by atoms with van der Waals surface area (Å²) >= 11 is 0. The van der Waals surface area contributed by atoms with Crippen molar-refractivity contribution in [3.05, 3.63) is 23.3 Å². The molecule has 0 saturated heterocycles. The first-order chi connectivity index (χ1) is 8.66. The molecule has 1 unspecified atom stereocenters. The number of hydrogen-bond donors (Lipinski definition) is 2. The summed E-state index contributed by atoms with van der Waals surface area (Å²) < 4.78 is 27.3. The molecule has 5 nitrogen and oxygen atoms in total. The third kappa shape index (κ3) is 3.68. The molecule has 0 aliphatic carbocycles. The highest BCUT2D eigenvalue weighted by molar-refractivity contribution is 7.89. The number of nitrogens with one attached hydrogen (secondary N) is 1. The van der Waals surface area contributed by atoms with Crippen LogP contribution in [0.1, 0.15) is 18.1 Å². The maximum absolute atomic E-state index is 12.3. The summed E-state index contributed by atoms with van der Waals surface area (Å²) in [5, 5.41) is 0. The van der Waals surface area contributed by atoms with Crippen LogP contribution in [-0.4, -0.2) is 40.0 Å². The summed E-state index contributed by atoms with van der Waals surface area (Å²) in [6.45, 7) is 5.95. The van der Waals surface area contributed by atoms with Gasteiger partial charge in [0.05, 0.1) is 5.69 Å². The number of nitrogen functional groups attached to an aromatic ring is 1. The highest BCUT2D eigenvalue weighted by Crippen LogP contribution is 2.24. The number of sulfonamides is 1. The Bertz CT molecular complexity index is 553. The van der Waals surface area contributed by atoms with E-state index < -0.39 is 10.0 Å². The maximum atomic E-state index is 12.3. The van der Waals surface area contributed by atoms with Crippen molar-refractivity contribution in [1.82, 2.24) is 9.62 Å². The van der Waals surface area contributed by atoms with Crippen LogP contribution in [0.5, 0.6) is 0 Å². The second-order valence-corrected chi connectivity index (χ2v) is 6.79. The Kier molecular flexibility index (Phi) is 4.95. The van der Waals surface area contributed by atoms with Crippen LogP contribution in [0.25, 0.3) is 0 Å². The standard InChI is InChI=1S/C13H23N3O2S/c1-9-6-7-12(14)13(11(9)3)19(17,18)15-8-10(2)16(4)5/h6-7,10,15H,8,14H2,1-5H3. The molecule has 6 heteroatoms. The zero-order chi connectivity index (χ0) is 14.8. The molecule has 0 amide bonds. The first-order valence-electron chi connectivity index (χ1n) is 6.18. The van der Waals surface area contributed by atoms with E-state index in [9.17, 15) is 8.42 Å². The highest BCUT2D eigenvalue weighted by atomic mass is 32.2. The Hall–Kier alpha value is -1.11. The van der Waals surface area contributed by atoms with Crippen molar-refractivity contribution in [3.8, 4) is 0 Å². The minimum atomic E-state index is -3.57. The lowest BCUT2D eigenvalue weighted by molar-refractivity contribution is 0.314. The molecule has 0 bridgehead atoms. The summed E-state index contributed by atoms with van der Waals surface area (Å²) in [4.78, 5) is 2.15. The molecule has 0 heterocycles. The van der Waals surface area contributed by atoms with Gasteiger partial charge in [0.25, 0.3) is 0 Å². The average Bonchev–Trinajstić information content (AvgIpc) is 2.31. The summed E-state index contributed by atoms with van der Waals surface area (Å²) in [5.41, 5.74) is 7.71. The molecular formula is C13H23N3O2S. The Balaban J connectivity index is 3.05. The molecule has 108 valence electrons. The maximum Gasteiger partial charge on any atom is 0.242 e. The molecule has 1 aromatic rings. The molecule has 0 aliphatic heterocycles. The van der Waals surface area contributed by atoms with E-state index in [0.717, 1.165) is 5.56 Å². The largest absolute Gasteiger partial charge is 0.398 e. The number of benzene rings is 1. The zero-order valence-electron chi connectivity index (χ0n) is 12.2. The van der Waals surface area contributed by atoms with Crippen molar-refractivity contribution in [3.63, 3.8) is 0 Å². The van der Waals surface area contributed by atoms with Crippen molar-refractivity contribution in [2.24, 2.45) is 0 Å². The van der Waals surface area contributed by atoms with Gasteiger partial charge < -0.3 is 10.6 Å². The van der Waals surface area contributed by atoms with Crippen molar-refractivity contribution in [2.45, 2.75) is 31.7 Å². The van der Waals surface area contributed by atoms with E-state index in [4.69, 9.17) is 5.73 Å². The molecule has 0 aromatic heterocycles. The summed E-state index contributed by atoms with van der Waals surface area (Å²) in [7, 11) is 0.242. The second kappa shape index (κ2) is 5.90. The Morgan fingerprint density at radius 1 is 1.32 bits per heavy atom. The third-order valence-corrected chi connectivity index (χ3v) is 5.05. The molecular weight excluding hydrogens is 262 g/mol. The average molecular weight is 285 g/mol. The van der Waals surface area contributed by atoms with Gasteiger partial charge in [-0.15, -0.1) is 0 Å².